The zero-order valence-electron chi connectivity index (χ0n) is 9.34. The molecule has 4 rings (SSSR count). The molecule has 4 aliphatic rings. The van der Waals surface area contributed by atoms with Crippen LogP contribution in [0.25, 0.3) is 0 Å². The van der Waals surface area contributed by atoms with Gasteiger partial charge in [-0.2, -0.15) is 0 Å². The molecule has 1 aliphatic carbocycles. The molecule has 2 bridgehead atoms. The van der Waals surface area contributed by atoms with Crippen molar-refractivity contribution in [1.29, 1.82) is 0 Å². The van der Waals surface area contributed by atoms with E-state index >= 15 is 0 Å². The Morgan fingerprint density at radius 1 is 1.13 bits per heavy atom. The molecule has 1 N–H and O–H groups in total. The Hall–Kier alpha value is -0.340. The van der Waals surface area contributed by atoms with Gasteiger partial charge in [0.1, 0.15) is 0 Å². The van der Waals surface area contributed by atoms with Gasteiger partial charge >= 0.3 is 0 Å². The molecule has 0 aromatic heterocycles. The maximum Gasteiger partial charge on any atom is 0.0444 e. The third-order valence-electron chi connectivity index (χ3n) is 4.96. The summed E-state index contributed by atoms with van der Waals surface area (Å²) in [6.45, 7) is 2.61. The Bertz CT molecular complexity index is 320. The molecule has 15 heavy (non-hydrogen) atoms. The summed E-state index contributed by atoms with van der Waals surface area (Å²) in [6.07, 6.45) is 8.51. The van der Waals surface area contributed by atoms with Gasteiger partial charge in [-0.05, 0) is 45.2 Å². The van der Waals surface area contributed by atoms with Crippen molar-refractivity contribution in [1.82, 2.24) is 10.2 Å². The van der Waals surface area contributed by atoms with Crippen molar-refractivity contribution in [3.8, 4) is 0 Å². The van der Waals surface area contributed by atoms with Gasteiger partial charge in [-0.3, -0.25) is 4.90 Å². The van der Waals surface area contributed by atoms with Crippen LogP contribution in [0.1, 0.15) is 38.5 Å². The Morgan fingerprint density at radius 3 is 3.13 bits per heavy atom. The lowest BCUT2D eigenvalue weighted by atomic mass is 9.87. The number of piperidine rings is 2. The predicted octanol–water partition coefficient (Wildman–Crippen LogP) is 1.68. The molecule has 2 heteroatoms. The van der Waals surface area contributed by atoms with E-state index < -0.39 is 0 Å². The van der Waals surface area contributed by atoms with Crippen molar-refractivity contribution in [2.45, 2.75) is 56.7 Å². The first-order valence-electron chi connectivity index (χ1n) is 6.66. The fraction of sp³-hybridized carbons (Fsp3) is 0.846. The van der Waals surface area contributed by atoms with E-state index in [2.05, 4.69) is 10.2 Å². The van der Waals surface area contributed by atoms with Crippen molar-refractivity contribution >= 4 is 0 Å². The zero-order chi connectivity index (χ0) is 9.83. The minimum absolute atomic E-state index is 0.753. The van der Waals surface area contributed by atoms with Crippen LogP contribution < -0.4 is 5.32 Å². The second-order valence-electron chi connectivity index (χ2n) is 5.61. The topological polar surface area (TPSA) is 15.3 Å². The fourth-order valence-electron chi connectivity index (χ4n) is 4.40. The third-order valence-corrected chi connectivity index (χ3v) is 4.96. The summed E-state index contributed by atoms with van der Waals surface area (Å²) < 4.78 is 0. The minimum Gasteiger partial charge on any atom is -0.309 e. The van der Waals surface area contributed by atoms with Crippen LogP contribution in [0.3, 0.4) is 0 Å². The number of hydrogen-bond acceptors (Lipinski definition) is 2. The maximum absolute atomic E-state index is 3.75. The highest BCUT2D eigenvalue weighted by Crippen LogP contribution is 2.47. The molecular formula is C13H20N2. The summed E-state index contributed by atoms with van der Waals surface area (Å²) in [7, 11) is 0. The van der Waals surface area contributed by atoms with E-state index in [1.54, 1.807) is 0 Å². The van der Waals surface area contributed by atoms with Crippen molar-refractivity contribution < 1.29 is 0 Å². The molecule has 3 fully saturated rings. The molecule has 3 heterocycles. The van der Waals surface area contributed by atoms with Gasteiger partial charge in [0.15, 0.2) is 0 Å². The lowest BCUT2D eigenvalue weighted by molar-refractivity contribution is 0.125. The molecule has 0 saturated carbocycles. The molecular weight excluding hydrogens is 184 g/mol. The molecule has 0 radical (unpaired) electrons. The summed E-state index contributed by atoms with van der Waals surface area (Å²) in [5.74, 6) is 0. The van der Waals surface area contributed by atoms with Crippen LogP contribution in [0.15, 0.2) is 11.1 Å². The van der Waals surface area contributed by atoms with E-state index in [4.69, 9.17) is 0 Å². The fourth-order valence-corrected chi connectivity index (χ4v) is 4.40. The lowest BCUT2D eigenvalue weighted by Crippen LogP contribution is -2.54. The quantitative estimate of drug-likeness (QED) is 0.604. The van der Waals surface area contributed by atoms with Gasteiger partial charge in [0.2, 0.25) is 0 Å². The standard InChI is InChI=1S/C13H20N2/c1-2-7-15-11(5-1)10-8-12(15)13-9(10)4-3-6-14-13/h11-14H,1-8H2/t11-,12+,13-/m1/s1. The normalized spacial score (nSPS) is 44.4. The molecule has 0 aromatic carbocycles. The molecule has 3 aliphatic heterocycles. The van der Waals surface area contributed by atoms with Crippen molar-refractivity contribution in [3.63, 3.8) is 0 Å². The monoisotopic (exact) mass is 204 g/mol. The van der Waals surface area contributed by atoms with E-state index in [1.807, 2.05) is 11.1 Å². The minimum atomic E-state index is 0.753. The molecule has 0 amide bonds. The average Bonchev–Trinajstić information content (AvgIpc) is 2.86. The number of hydrogen-bond donors (Lipinski definition) is 1. The van der Waals surface area contributed by atoms with Crippen LogP contribution in [-0.4, -0.2) is 36.1 Å². The van der Waals surface area contributed by atoms with E-state index in [-0.39, 0.29) is 0 Å². The highest BCUT2D eigenvalue weighted by molar-refractivity contribution is 5.40. The Balaban J connectivity index is 1.74. The average molecular weight is 204 g/mol. The van der Waals surface area contributed by atoms with Crippen LogP contribution in [0.5, 0.6) is 0 Å². The van der Waals surface area contributed by atoms with Crippen LogP contribution >= 0.6 is 0 Å². The molecule has 3 atom stereocenters. The summed E-state index contributed by atoms with van der Waals surface area (Å²) >= 11 is 0. The van der Waals surface area contributed by atoms with Gasteiger partial charge in [0, 0.05) is 18.1 Å². The van der Waals surface area contributed by atoms with Gasteiger partial charge in [0.25, 0.3) is 0 Å². The second kappa shape index (κ2) is 3.08. The molecule has 0 spiro atoms. The van der Waals surface area contributed by atoms with Crippen molar-refractivity contribution in [3.05, 3.63) is 11.1 Å². The summed E-state index contributed by atoms with van der Waals surface area (Å²) in [5, 5.41) is 3.75. The molecule has 0 unspecified atom stereocenters. The van der Waals surface area contributed by atoms with Gasteiger partial charge < -0.3 is 5.32 Å². The number of nitrogens with one attached hydrogen (secondary N) is 1. The van der Waals surface area contributed by atoms with Gasteiger partial charge in [0.05, 0.1) is 0 Å². The van der Waals surface area contributed by atoms with E-state index in [1.165, 1.54) is 51.6 Å². The van der Waals surface area contributed by atoms with Gasteiger partial charge in [-0.15, -0.1) is 0 Å². The Kier molecular flexibility index (Phi) is 1.80. The van der Waals surface area contributed by atoms with E-state index in [9.17, 15) is 0 Å². The highest BCUT2D eigenvalue weighted by atomic mass is 15.3. The second-order valence-corrected chi connectivity index (χ2v) is 5.61. The molecule has 0 aromatic rings. The highest BCUT2D eigenvalue weighted by Gasteiger charge is 2.50. The van der Waals surface area contributed by atoms with Crippen LogP contribution in [0.4, 0.5) is 0 Å². The first kappa shape index (κ1) is 8.77. The number of fused-ring (bicyclic) bond motifs is 7. The van der Waals surface area contributed by atoms with Crippen LogP contribution in [0.2, 0.25) is 0 Å². The first-order valence-corrected chi connectivity index (χ1v) is 6.66. The predicted molar refractivity (Wildman–Crippen MR) is 60.8 cm³/mol. The molecule has 2 nitrogen and oxygen atoms in total. The van der Waals surface area contributed by atoms with Crippen LogP contribution in [-0.2, 0) is 0 Å². The van der Waals surface area contributed by atoms with Crippen molar-refractivity contribution in [2.75, 3.05) is 13.1 Å². The van der Waals surface area contributed by atoms with E-state index in [0.29, 0.717) is 0 Å². The third kappa shape index (κ3) is 1.07. The number of nitrogens with zero attached hydrogens (tertiary/aromatic N) is 1. The summed E-state index contributed by atoms with van der Waals surface area (Å²) in [5.41, 5.74) is 3.69. The molecule has 3 saturated heterocycles. The smallest absolute Gasteiger partial charge is 0.0444 e. The largest absolute Gasteiger partial charge is 0.309 e. The Labute approximate surface area is 91.7 Å². The van der Waals surface area contributed by atoms with Gasteiger partial charge in [-0.1, -0.05) is 17.6 Å². The SMILES string of the molecule is C1CN[C@@H]2C(=C3C[C@@H]2N2CCCC[C@H]32)C1. The zero-order valence-corrected chi connectivity index (χ0v) is 9.34. The lowest BCUT2D eigenvalue weighted by Gasteiger charge is -2.43. The summed E-state index contributed by atoms with van der Waals surface area (Å²) in [4.78, 5) is 2.81. The van der Waals surface area contributed by atoms with Gasteiger partial charge in [-0.25, -0.2) is 0 Å². The van der Waals surface area contributed by atoms with Crippen LogP contribution in [0, 0.1) is 0 Å². The maximum atomic E-state index is 3.75. The summed E-state index contributed by atoms with van der Waals surface area (Å²) in [6, 6.07) is 2.47. The van der Waals surface area contributed by atoms with E-state index in [0.717, 1.165) is 18.1 Å². The number of rotatable bonds is 0. The Morgan fingerprint density at radius 2 is 2.13 bits per heavy atom. The molecule has 82 valence electrons. The first-order chi connectivity index (χ1) is 7.45. The van der Waals surface area contributed by atoms with Crippen molar-refractivity contribution in [2.24, 2.45) is 0 Å².